The first-order valence-corrected chi connectivity index (χ1v) is 5.76. The van der Waals surface area contributed by atoms with Gasteiger partial charge in [0.25, 0.3) is 0 Å². The molecule has 2 rings (SSSR count). The summed E-state index contributed by atoms with van der Waals surface area (Å²) in [7, 11) is 1.85. The number of H-pyrrole nitrogens is 1. The molecule has 1 aromatic heterocycles. The van der Waals surface area contributed by atoms with E-state index in [4.69, 9.17) is 4.42 Å². The van der Waals surface area contributed by atoms with Crippen LogP contribution in [0.4, 0.5) is 5.69 Å². The number of anilines is 1. The predicted molar refractivity (Wildman–Crippen MR) is 68.6 cm³/mol. The highest BCUT2D eigenvalue weighted by atomic mass is 16.4. The van der Waals surface area contributed by atoms with E-state index in [0.717, 1.165) is 13.0 Å². The Bertz CT molecular complexity index is 600. The molecule has 6 nitrogen and oxygen atoms in total. The number of oxazole rings is 1. The SMILES string of the molecule is CNCCCC(=O)Nc1ccc2oc(=O)[nH]c2c1. The molecule has 0 fully saturated rings. The van der Waals surface area contributed by atoms with Crippen LogP contribution in [0, 0.1) is 0 Å². The van der Waals surface area contributed by atoms with E-state index in [1.54, 1.807) is 18.2 Å². The fourth-order valence-corrected chi connectivity index (χ4v) is 1.68. The Kier molecular flexibility index (Phi) is 3.78. The number of hydrogen-bond donors (Lipinski definition) is 3. The molecule has 1 amide bonds. The van der Waals surface area contributed by atoms with Gasteiger partial charge in [0.2, 0.25) is 5.91 Å². The molecule has 1 heterocycles. The first kappa shape index (κ1) is 12.4. The second kappa shape index (κ2) is 5.50. The molecule has 96 valence electrons. The van der Waals surface area contributed by atoms with E-state index < -0.39 is 5.76 Å². The fourth-order valence-electron chi connectivity index (χ4n) is 1.68. The summed E-state index contributed by atoms with van der Waals surface area (Å²) in [6.45, 7) is 0.807. The van der Waals surface area contributed by atoms with Gasteiger partial charge in [-0.15, -0.1) is 0 Å². The van der Waals surface area contributed by atoms with Crippen molar-refractivity contribution >= 4 is 22.7 Å². The Morgan fingerprint density at radius 2 is 2.28 bits per heavy atom. The lowest BCUT2D eigenvalue weighted by Gasteiger charge is -2.04. The van der Waals surface area contributed by atoms with Crippen molar-refractivity contribution in [2.45, 2.75) is 12.8 Å². The number of fused-ring (bicyclic) bond motifs is 1. The third-order valence-corrected chi connectivity index (χ3v) is 2.53. The van der Waals surface area contributed by atoms with Gasteiger partial charge in [-0.3, -0.25) is 9.78 Å². The molecule has 0 saturated heterocycles. The highest BCUT2D eigenvalue weighted by Crippen LogP contribution is 2.16. The average Bonchev–Trinajstić information content (AvgIpc) is 2.69. The Morgan fingerprint density at radius 3 is 3.06 bits per heavy atom. The maximum absolute atomic E-state index is 11.6. The van der Waals surface area contributed by atoms with Crippen LogP contribution in [0.15, 0.2) is 27.4 Å². The summed E-state index contributed by atoms with van der Waals surface area (Å²) in [6, 6.07) is 5.03. The van der Waals surface area contributed by atoms with Crippen LogP contribution >= 0.6 is 0 Å². The number of carbonyl (C=O) groups is 1. The first-order valence-electron chi connectivity index (χ1n) is 5.76. The Morgan fingerprint density at radius 1 is 1.44 bits per heavy atom. The van der Waals surface area contributed by atoms with Crippen LogP contribution in [0.5, 0.6) is 0 Å². The van der Waals surface area contributed by atoms with Crippen LogP contribution in [0.25, 0.3) is 11.1 Å². The molecule has 0 unspecified atom stereocenters. The minimum Gasteiger partial charge on any atom is -0.408 e. The predicted octanol–water partition coefficient (Wildman–Crippen LogP) is 1.06. The van der Waals surface area contributed by atoms with Gasteiger partial charge < -0.3 is 15.1 Å². The Balaban J connectivity index is 2.02. The average molecular weight is 249 g/mol. The van der Waals surface area contributed by atoms with Crippen molar-refractivity contribution in [1.82, 2.24) is 10.3 Å². The maximum Gasteiger partial charge on any atom is 0.417 e. The molecule has 1 aromatic carbocycles. The zero-order valence-corrected chi connectivity index (χ0v) is 10.1. The van der Waals surface area contributed by atoms with Crippen LogP contribution in [0.1, 0.15) is 12.8 Å². The monoisotopic (exact) mass is 249 g/mol. The van der Waals surface area contributed by atoms with E-state index in [1.165, 1.54) is 0 Å². The second-order valence-corrected chi connectivity index (χ2v) is 3.98. The molecule has 0 aliphatic carbocycles. The quantitative estimate of drug-likeness (QED) is 0.691. The molecular weight excluding hydrogens is 234 g/mol. The molecule has 0 aliphatic heterocycles. The molecule has 18 heavy (non-hydrogen) atoms. The van der Waals surface area contributed by atoms with Crippen molar-refractivity contribution in [2.24, 2.45) is 0 Å². The van der Waals surface area contributed by atoms with Crippen molar-refractivity contribution < 1.29 is 9.21 Å². The lowest BCUT2D eigenvalue weighted by atomic mass is 10.2. The van der Waals surface area contributed by atoms with E-state index in [0.29, 0.717) is 23.2 Å². The summed E-state index contributed by atoms with van der Waals surface area (Å²) in [6.07, 6.45) is 1.24. The van der Waals surface area contributed by atoms with E-state index in [-0.39, 0.29) is 5.91 Å². The Hall–Kier alpha value is -2.08. The molecule has 6 heteroatoms. The number of carbonyl (C=O) groups excluding carboxylic acids is 1. The minimum absolute atomic E-state index is 0.0459. The van der Waals surface area contributed by atoms with E-state index in [9.17, 15) is 9.59 Å². The molecule has 0 aliphatic rings. The van der Waals surface area contributed by atoms with Gasteiger partial charge in [0.15, 0.2) is 5.58 Å². The normalized spacial score (nSPS) is 10.7. The molecule has 0 radical (unpaired) electrons. The van der Waals surface area contributed by atoms with Gasteiger partial charge in [-0.2, -0.15) is 0 Å². The molecule has 0 atom stereocenters. The van der Waals surface area contributed by atoms with Crippen molar-refractivity contribution in [3.8, 4) is 0 Å². The van der Waals surface area contributed by atoms with Gasteiger partial charge in [-0.1, -0.05) is 0 Å². The third kappa shape index (κ3) is 2.98. The van der Waals surface area contributed by atoms with Crippen molar-refractivity contribution in [3.63, 3.8) is 0 Å². The topological polar surface area (TPSA) is 87.1 Å². The van der Waals surface area contributed by atoms with Crippen LogP contribution < -0.4 is 16.4 Å². The molecule has 3 N–H and O–H groups in total. The largest absolute Gasteiger partial charge is 0.417 e. The highest BCUT2D eigenvalue weighted by Gasteiger charge is 2.05. The molecule has 2 aromatic rings. The van der Waals surface area contributed by atoms with Crippen LogP contribution in [-0.4, -0.2) is 24.5 Å². The second-order valence-electron chi connectivity index (χ2n) is 3.98. The summed E-state index contributed by atoms with van der Waals surface area (Å²) in [4.78, 5) is 25.1. The molecule has 0 saturated carbocycles. The van der Waals surface area contributed by atoms with Crippen molar-refractivity contribution in [2.75, 3.05) is 18.9 Å². The molecule has 0 spiro atoms. The summed E-state index contributed by atoms with van der Waals surface area (Å²) >= 11 is 0. The van der Waals surface area contributed by atoms with Crippen LogP contribution in [0.2, 0.25) is 0 Å². The van der Waals surface area contributed by atoms with E-state index in [1.807, 2.05) is 7.05 Å². The van der Waals surface area contributed by atoms with Gasteiger partial charge in [0.1, 0.15) is 0 Å². The summed E-state index contributed by atoms with van der Waals surface area (Å²) in [5.74, 6) is -0.544. The molecular formula is C12H15N3O3. The number of amides is 1. The summed E-state index contributed by atoms with van der Waals surface area (Å²) in [5.41, 5.74) is 1.70. The number of hydrogen-bond acceptors (Lipinski definition) is 4. The Labute approximate surface area is 103 Å². The van der Waals surface area contributed by atoms with Gasteiger partial charge in [0, 0.05) is 12.1 Å². The molecule has 0 bridgehead atoms. The lowest BCUT2D eigenvalue weighted by Crippen LogP contribution is -2.15. The van der Waals surface area contributed by atoms with Crippen molar-refractivity contribution in [1.29, 1.82) is 0 Å². The van der Waals surface area contributed by atoms with Gasteiger partial charge in [-0.25, -0.2) is 4.79 Å². The van der Waals surface area contributed by atoms with Gasteiger partial charge in [0.05, 0.1) is 5.52 Å². The lowest BCUT2D eigenvalue weighted by molar-refractivity contribution is -0.116. The number of rotatable bonds is 5. The first-order chi connectivity index (χ1) is 8.69. The number of aromatic amines is 1. The highest BCUT2D eigenvalue weighted by molar-refractivity contribution is 5.92. The zero-order chi connectivity index (χ0) is 13.0. The smallest absolute Gasteiger partial charge is 0.408 e. The van der Waals surface area contributed by atoms with Crippen molar-refractivity contribution in [3.05, 3.63) is 28.7 Å². The van der Waals surface area contributed by atoms with Crippen LogP contribution in [0.3, 0.4) is 0 Å². The zero-order valence-electron chi connectivity index (χ0n) is 10.1. The van der Waals surface area contributed by atoms with Crippen LogP contribution in [-0.2, 0) is 4.79 Å². The number of aromatic nitrogens is 1. The fraction of sp³-hybridized carbons (Fsp3) is 0.333. The van der Waals surface area contributed by atoms with E-state index >= 15 is 0 Å². The number of benzene rings is 1. The number of nitrogens with one attached hydrogen (secondary N) is 3. The maximum atomic E-state index is 11.6. The van der Waals surface area contributed by atoms with Gasteiger partial charge >= 0.3 is 5.76 Å². The van der Waals surface area contributed by atoms with Gasteiger partial charge in [-0.05, 0) is 38.2 Å². The summed E-state index contributed by atoms with van der Waals surface area (Å²) < 4.78 is 4.88. The standard InChI is InChI=1S/C12H15N3O3/c1-13-6-2-3-11(16)14-8-4-5-10-9(7-8)15-12(17)18-10/h4-5,7,13H,2-3,6H2,1H3,(H,14,16)(H,15,17). The minimum atomic E-state index is -0.498. The van der Waals surface area contributed by atoms with E-state index in [2.05, 4.69) is 15.6 Å². The summed E-state index contributed by atoms with van der Waals surface area (Å²) in [5, 5.41) is 5.75. The third-order valence-electron chi connectivity index (χ3n) is 2.53.